The number of hydrogen-bond acceptors (Lipinski definition) is 4. The SMILES string of the molecule is CC(C)(C)c1cc(Cc2cc(C(C)(C)C)cc(C(C)(C)C)c2O[P+](=O)O)c(O[P+](=O)O)c(C(C)(C)C)c1. The van der Waals surface area contributed by atoms with Crippen LogP contribution < -0.4 is 9.05 Å². The molecule has 2 atom stereocenters. The molecule has 0 aliphatic carbocycles. The van der Waals surface area contributed by atoms with E-state index in [1.807, 2.05) is 65.8 Å². The van der Waals surface area contributed by atoms with Gasteiger partial charge in [-0.25, -0.2) is 9.05 Å². The van der Waals surface area contributed by atoms with Gasteiger partial charge in [-0.15, -0.1) is 9.79 Å². The van der Waals surface area contributed by atoms with Gasteiger partial charge in [0.2, 0.25) is 0 Å². The van der Waals surface area contributed by atoms with E-state index in [4.69, 9.17) is 9.05 Å². The summed E-state index contributed by atoms with van der Waals surface area (Å²) in [6.45, 7) is 25.0. The first-order valence-electron chi connectivity index (χ1n) is 12.6. The second-order valence-electron chi connectivity index (χ2n) is 13.9. The molecule has 0 fully saturated rings. The maximum absolute atomic E-state index is 11.9. The molecule has 2 unspecified atom stereocenters. The summed E-state index contributed by atoms with van der Waals surface area (Å²) in [5, 5.41) is 0. The second-order valence-corrected chi connectivity index (χ2v) is 15.2. The minimum atomic E-state index is -2.91. The molecule has 0 saturated carbocycles. The summed E-state index contributed by atoms with van der Waals surface area (Å²) in [5.41, 5.74) is 4.11. The second kappa shape index (κ2) is 10.7. The van der Waals surface area contributed by atoms with E-state index >= 15 is 0 Å². The Morgan fingerprint density at radius 2 is 0.865 bits per heavy atom. The van der Waals surface area contributed by atoms with Crippen molar-refractivity contribution in [3.63, 3.8) is 0 Å². The Balaban J connectivity index is 3.01. The molecule has 0 bridgehead atoms. The van der Waals surface area contributed by atoms with Crippen LogP contribution in [0, 0.1) is 0 Å². The lowest BCUT2D eigenvalue weighted by Crippen LogP contribution is -2.20. The molecular weight excluding hydrogens is 506 g/mol. The summed E-state index contributed by atoms with van der Waals surface area (Å²) in [5.74, 6) is 0.726. The van der Waals surface area contributed by atoms with Crippen molar-refractivity contribution in [1.29, 1.82) is 0 Å². The maximum atomic E-state index is 11.9. The van der Waals surface area contributed by atoms with Crippen LogP contribution in [0.4, 0.5) is 0 Å². The third-order valence-corrected chi connectivity index (χ3v) is 7.08. The van der Waals surface area contributed by atoms with Gasteiger partial charge in [-0.05, 0) is 32.8 Å². The van der Waals surface area contributed by atoms with Crippen LogP contribution in [0.5, 0.6) is 11.5 Å². The van der Waals surface area contributed by atoms with E-state index in [0.29, 0.717) is 11.5 Å². The lowest BCUT2D eigenvalue weighted by Gasteiger charge is -2.29. The highest BCUT2D eigenvalue weighted by molar-refractivity contribution is 7.32. The first-order chi connectivity index (χ1) is 16.5. The third-order valence-electron chi connectivity index (χ3n) is 6.40. The summed E-state index contributed by atoms with van der Waals surface area (Å²) >= 11 is 0. The summed E-state index contributed by atoms with van der Waals surface area (Å²) in [6, 6.07) is 8.11. The number of rotatable bonds is 6. The molecule has 2 rings (SSSR count). The zero-order chi connectivity index (χ0) is 28.7. The van der Waals surface area contributed by atoms with Crippen LogP contribution >= 0.6 is 16.5 Å². The molecule has 2 N–H and O–H groups in total. The average Bonchev–Trinajstić information content (AvgIpc) is 2.65. The van der Waals surface area contributed by atoms with Gasteiger partial charge < -0.3 is 0 Å². The van der Waals surface area contributed by atoms with Gasteiger partial charge in [0.25, 0.3) is 0 Å². The molecule has 0 aliphatic heterocycles. The van der Waals surface area contributed by atoms with E-state index in [9.17, 15) is 18.9 Å². The highest BCUT2D eigenvalue weighted by Crippen LogP contribution is 2.46. The molecule has 0 spiro atoms. The molecular formula is C29H44O6P2+2. The fourth-order valence-corrected chi connectivity index (χ4v) is 4.94. The molecule has 2 aromatic carbocycles. The molecule has 0 aromatic heterocycles. The van der Waals surface area contributed by atoms with Gasteiger partial charge in [0.15, 0.2) is 11.5 Å². The van der Waals surface area contributed by atoms with Crippen LogP contribution in [-0.2, 0) is 37.2 Å². The average molecular weight is 551 g/mol. The molecule has 0 radical (unpaired) electrons. The molecule has 6 nitrogen and oxygen atoms in total. The van der Waals surface area contributed by atoms with Gasteiger partial charge in [0.1, 0.15) is 0 Å². The van der Waals surface area contributed by atoms with E-state index in [1.54, 1.807) is 0 Å². The van der Waals surface area contributed by atoms with E-state index in [0.717, 1.165) is 33.4 Å². The Hall–Kier alpha value is -1.84. The number of hydrogen-bond donors (Lipinski definition) is 2. The summed E-state index contributed by atoms with van der Waals surface area (Å²) in [4.78, 5) is 19.6. The highest BCUT2D eigenvalue weighted by atomic mass is 31.1. The summed E-state index contributed by atoms with van der Waals surface area (Å²) in [7, 11) is -5.82. The van der Waals surface area contributed by atoms with Crippen molar-refractivity contribution >= 4 is 16.5 Å². The van der Waals surface area contributed by atoms with Crippen molar-refractivity contribution in [3.8, 4) is 11.5 Å². The van der Waals surface area contributed by atoms with Crippen LogP contribution in [0.2, 0.25) is 0 Å². The number of benzene rings is 2. The van der Waals surface area contributed by atoms with Crippen molar-refractivity contribution in [3.05, 3.63) is 57.6 Å². The lowest BCUT2D eigenvalue weighted by molar-refractivity contribution is 0.401. The van der Waals surface area contributed by atoms with Gasteiger partial charge >= 0.3 is 16.5 Å². The molecule has 0 saturated heterocycles. The predicted octanol–water partition coefficient (Wildman–Crippen LogP) is 8.52. The summed E-state index contributed by atoms with van der Waals surface area (Å²) in [6.07, 6.45) is 0.289. The van der Waals surface area contributed by atoms with Crippen molar-refractivity contribution in [1.82, 2.24) is 0 Å². The molecule has 8 heteroatoms. The highest BCUT2D eigenvalue weighted by Gasteiger charge is 2.34. The van der Waals surface area contributed by atoms with Crippen molar-refractivity contribution in [2.45, 2.75) is 111 Å². The summed E-state index contributed by atoms with van der Waals surface area (Å²) < 4.78 is 35.0. The molecule has 0 heterocycles. The van der Waals surface area contributed by atoms with E-state index < -0.39 is 16.5 Å². The van der Waals surface area contributed by atoms with Crippen molar-refractivity contribution in [2.75, 3.05) is 0 Å². The van der Waals surface area contributed by atoms with Crippen LogP contribution in [0.25, 0.3) is 0 Å². The minimum Gasteiger partial charge on any atom is -0.229 e. The van der Waals surface area contributed by atoms with Crippen LogP contribution in [-0.4, -0.2) is 9.79 Å². The van der Waals surface area contributed by atoms with E-state index in [-0.39, 0.29) is 28.1 Å². The molecule has 0 aliphatic rings. The standard InChI is InChI=1S/C29H42O6P2/c1-26(2,3)20-14-18(24(34-36(30)31)22(16-20)28(7,8)9)13-19-15-21(27(4,5)6)17-23(29(10,11)12)25(19)35-37(32)33/h14-17H,13H2,1-12H3/p+2. The predicted molar refractivity (Wildman–Crippen MR) is 151 cm³/mol. The van der Waals surface area contributed by atoms with Crippen molar-refractivity contribution in [2.24, 2.45) is 0 Å². The third kappa shape index (κ3) is 8.07. The van der Waals surface area contributed by atoms with Crippen LogP contribution in [0.3, 0.4) is 0 Å². The Labute approximate surface area is 224 Å². The van der Waals surface area contributed by atoms with Gasteiger partial charge in [-0.1, -0.05) is 107 Å². The molecule has 204 valence electrons. The van der Waals surface area contributed by atoms with Crippen molar-refractivity contribution < 1.29 is 28.0 Å². The zero-order valence-electron chi connectivity index (χ0n) is 24.4. The quantitative estimate of drug-likeness (QED) is 0.350. The largest absolute Gasteiger partial charge is 0.747 e. The van der Waals surface area contributed by atoms with Gasteiger partial charge in [0.05, 0.1) is 0 Å². The Bertz CT molecular complexity index is 1100. The minimum absolute atomic E-state index is 0.188. The normalized spacial score (nSPS) is 13.9. The molecule has 37 heavy (non-hydrogen) atoms. The fraction of sp³-hybridized carbons (Fsp3) is 0.586. The monoisotopic (exact) mass is 550 g/mol. The Morgan fingerprint density at radius 3 is 1.08 bits per heavy atom. The Kier molecular flexibility index (Phi) is 9.10. The first kappa shape index (κ1) is 31.4. The topological polar surface area (TPSA) is 93.1 Å². The molecule has 2 aromatic rings. The lowest BCUT2D eigenvalue weighted by atomic mass is 9.76. The zero-order valence-corrected chi connectivity index (χ0v) is 26.2. The van der Waals surface area contributed by atoms with E-state index in [1.165, 1.54) is 0 Å². The van der Waals surface area contributed by atoms with Crippen LogP contribution in [0.15, 0.2) is 24.3 Å². The van der Waals surface area contributed by atoms with Gasteiger partial charge in [-0.3, -0.25) is 0 Å². The smallest absolute Gasteiger partial charge is 0.229 e. The van der Waals surface area contributed by atoms with Gasteiger partial charge in [-0.2, -0.15) is 0 Å². The van der Waals surface area contributed by atoms with Crippen LogP contribution in [0.1, 0.15) is 116 Å². The Morgan fingerprint density at radius 1 is 0.568 bits per heavy atom. The van der Waals surface area contributed by atoms with Gasteiger partial charge in [0, 0.05) is 37.8 Å². The molecule has 0 amide bonds. The first-order valence-corrected chi connectivity index (χ1v) is 14.8. The maximum Gasteiger partial charge on any atom is 0.747 e. The fourth-order valence-electron chi connectivity index (χ4n) is 4.20. The van der Waals surface area contributed by atoms with E-state index in [2.05, 4.69) is 41.5 Å².